The molecule has 0 spiro atoms. The van der Waals surface area contributed by atoms with Gasteiger partial charge in [0, 0.05) is 22.2 Å². The smallest absolute Gasteiger partial charge is 0.248 e. The lowest BCUT2D eigenvalue weighted by atomic mass is 10.1. The summed E-state index contributed by atoms with van der Waals surface area (Å²) in [6, 6.07) is 24.8. The normalized spacial score (nSPS) is 10.8. The van der Waals surface area contributed by atoms with E-state index in [0.717, 1.165) is 16.0 Å². The molecule has 0 radical (unpaired) electrons. The van der Waals surface area contributed by atoms with Crippen LogP contribution in [0.5, 0.6) is 0 Å². The maximum Gasteiger partial charge on any atom is 0.248 e. The third-order valence-electron chi connectivity index (χ3n) is 4.07. The molecule has 0 bridgehead atoms. The third-order valence-corrected chi connectivity index (χ3v) is 5.07. The van der Waals surface area contributed by atoms with Gasteiger partial charge < -0.3 is 5.32 Å². The highest BCUT2D eigenvalue weighted by Crippen LogP contribution is 2.23. The molecular weight excluding hydrogens is 366 g/mol. The number of anilines is 1. The van der Waals surface area contributed by atoms with E-state index in [0.29, 0.717) is 17.0 Å². The first-order chi connectivity index (χ1) is 13.6. The molecule has 0 heterocycles. The van der Waals surface area contributed by atoms with Crippen LogP contribution in [0.3, 0.4) is 0 Å². The Bertz CT molecular complexity index is 979. The van der Waals surface area contributed by atoms with E-state index in [2.05, 4.69) is 5.32 Å². The predicted molar refractivity (Wildman–Crippen MR) is 117 cm³/mol. The Hall–Kier alpha value is -3.11. The molecule has 1 amide bonds. The van der Waals surface area contributed by atoms with Crippen LogP contribution in [0.15, 0.2) is 89.8 Å². The van der Waals surface area contributed by atoms with Crippen molar-refractivity contribution in [3.63, 3.8) is 0 Å². The van der Waals surface area contributed by atoms with Gasteiger partial charge in [0.1, 0.15) is 0 Å². The van der Waals surface area contributed by atoms with E-state index >= 15 is 0 Å². The number of hydrogen-bond acceptors (Lipinski definition) is 3. The summed E-state index contributed by atoms with van der Waals surface area (Å²) in [6.07, 6.45) is 3.28. The SMILES string of the molecule is Cc1ccc(C(=O)CSc2cccc(NC(=O)/C=C/c3ccccc3)c2)cc1. The second kappa shape index (κ2) is 9.72. The molecular formula is C24H21NO2S. The minimum atomic E-state index is -0.193. The van der Waals surface area contributed by atoms with Crippen LogP contribution in [-0.4, -0.2) is 17.4 Å². The zero-order chi connectivity index (χ0) is 19.8. The van der Waals surface area contributed by atoms with Crippen LogP contribution in [0.4, 0.5) is 5.69 Å². The van der Waals surface area contributed by atoms with Crippen LogP contribution in [0, 0.1) is 6.92 Å². The first-order valence-electron chi connectivity index (χ1n) is 8.97. The average Bonchev–Trinajstić information content (AvgIpc) is 2.72. The van der Waals surface area contributed by atoms with Crippen molar-refractivity contribution in [1.82, 2.24) is 0 Å². The van der Waals surface area contributed by atoms with E-state index in [1.54, 1.807) is 6.08 Å². The van der Waals surface area contributed by atoms with Crippen LogP contribution < -0.4 is 5.32 Å². The molecule has 0 saturated heterocycles. The number of benzene rings is 3. The van der Waals surface area contributed by atoms with E-state index in [1.807, 2.05) is 85.8 Å². The molecule has 4 heteroatoms. The van der Waals surface area contributed by atoms with Crippen molar-refractivity contribution in [2.45, 2.75) is 11.8 Å². The minimum absolute atomic E-state index is 0.0882. The number of Topliss-reactive ketones (excluding diaryl/α,β-unsaturated/α-hetero) is 1. The minimum Gasteiger partial charge on any atom is -0.322 e. The Morgan fingerprint density at radius 1 is 0.929 bits per heavy atom. The van der Waals surface area contributed by atoms with Gasteiger partial charge >= 0.3 is 0 Å². The summed E-state index contributed by atoms with van der Waals surface area (Å²) < 4.78 is 0. The lowest BCUT2D eigenvalue weighted by molar-refractivity contribution is -0.111. The average molecular weight is 388 g/mol. The second-order valence-corrected chi connectivity index (χ2v) is 7.39. The molecule has 0 aliphatic rings. The van der Waals surface area contributed by atoms with Crippen LogP contribution in [0.2, 0.25) is 0 Å². The van der Waals surface area contributed by atoms with E-state index in [4.69, 9.17) is 0 Å². The number of amides is 1. The number of carbonyl (C=O) groups excluding carboxylic acids is 2. The summed E-state index contributed by atoms with van der Waals surface area (Å²) in [5.41, 5.74) is 3.52. The first-order valence-corrected chi connectivity index (χ1v) is 9.95. The predicted octanol–water partition coefficient (Wildman–Crippen LogP) is 5.62. The maximum absolute atomic E-state index is 12.3. The standard InChI is InChI=1S/C24H21NO2S/c1-18-10-13-20(14-11-18)23(26)17-28-22-9-5-8-21(16-22)25-24(27)15-12-19-6-3-2-4-7-19/h2-16H,17H2,1H3,(H,25,27)/b15-12+. The Balaban J connectivity index is 1.56. The molecule has 0 saturated carbocycles. The van der Waals surface area contributed by atoms with Crippen molar-refractivity contribution in [2.75, 3.05) is 11.1 Å². The quantitative estimate of drug-likeness (QED) is 0.325. The third kappa shape index (κ3) is 5.96. The van der Waals surface area contributed by atoms with Gasteiger partial charge in [-0.25, -0.2) is 0 Å². The van der Waals surface area contributed by atoms with Crippen LogP contribution in [0.1, 0.15) is 21.5 Å². The molecule has 0 aromatic heterocycles. The molecule has 0 unspecified atom stereocenters. The Morgan fingerprint density at radius 3 is 2.43 bits per heavy atom. The molecule has 0 atom stereocenters. The molecule has 0 aliphatic carbocycles. The van der Waals surface area contributed by atoms with Gasteiger partial charge in [0.05, 0.1) is 5.75 Å². The van der Waals surface area contributed by atoms with Gasteiger partial charge in [-0.15, -0.1) is 11.8 Å². The topological polar surface area (TPSA) is 46.2 Å². The molecule has 28 heavy (non-hydrogen) atoms. The summed E-state index contributed by atoms with van der Waals surface area (Å²) in [4.78, 5) is 25.4. The maximum atomic E-state index is 12.3. The number of nitrogens with one attached hydrogen (secondary N) is 1. The zero-order valence-corrected chi connectivity index (χ0v) is 16.4. The van der Waals surface area contributed by atoms with Gasteiger partial charge in [-0.3, -0.25) is 9.59 Å². The van der Waals surface area contributed by atoms with Crippen LogP contribution in [-0.2, 0) is 4.79 Å². The number of rotatable bonds is 7. The first kappa shape index (κ1) is 19.6. The molecule has 3 rings (SSSR count). The molecule has 0 aliphatic heterocycles. The van der Waals surface area contributed by atoms with Gasteiger partial charge in [-0.2, -0.15) is 0 Å². The second-order valence-electron chi connectivity index (χ2n) is 6.34. The summed E-state index contributed by atoms with van der Waals surface area (Å²) in [7, 11) is 0. The van der Waals surface area contributed by atoms with Crippen LogP contribution in [0.25, 0.3) is 6.08 Å². The van der Waals surface area contributed by atoms with E-state index in [9.17, 15) is 9.59 Å². The van der Waals surface area contributed by atoms with Crippen molar-refractivity contribution in [2.24, 2.45) is 0 Å². The summed E-state index contributed by atoms with van der Waals surface area (Å²) in [6.45, 7) is 2.00. The van der Waals surface area contributed by atoms with E-state index < -0.39 is 0 Å². The van der Waals surface area contributed by atoms with E-state index in [-0.39, 0.29) is 11.7 Å². The van der Waals surface area contributed by atoms with Crippen LogP contribution >= 0.6 is 11.8 Å². The fraction of sp³-hybridized carbons (Fsp3) is 0.0833. The van der Waals surface area contributed by atoms with Crippen molar-refractivity contribution < 1.29 is 9.59 Å². The number of thioether (sulfide) groups is 1. The monoisotopic (exact) mass is 387 g/mol. The fourth-order valence-corrected chi connectivity index (χ4v) is 3.40. The Labute approximate surface area is 169 Å². The van der Waals surface area contributed by atoms with E-state index in [1.165, 1.54) is 17.8 Å². The van der Waals surface area contributed by atoms with Gasteiger partial charge in [-0.05, 0) is 36.8 Å². The molecule has 0 fully saturated rings. The number of ketones is 1. The van der Waals surface area contributed by atoms with Crippen molar-refractivity contribution >= 4 is 35.2 Å². The van der Waals surface area contributed by atoms with Crippen molar-refractivity contribution in [3.8, 4) is 0 Å². The lowest BCUT2D eigenvalue weighted by Crippen LogP contribution is -2.07. The zero-order valence-electron chi connectivity index (χ0n) is 15.6. The molecule has 3 aromatic carbocycles. The van der Waals surface area contributed by atoms with Gasteiger partial charge in [0.15, 0.2) is 5.78 Å². The van der Waals surface area contributed by atoms with Crippen molar-refractivity contribution in [3.05, 3.63) is 102 Å². The molecule has 140 valence electrons. The highest BCUT2D eigenvalue weighted by Gasteiger charge is 2.07. The summed E-state index contributed by atoms with van der Waals surface area (Å²) in [5, 5.41) is 2.85. The number of aryl methyl sites for hydroxylation is 1. The molecule has 3 nitrogen and oxygen atoms in total. The Kier molecular flexibility index (Phi) is 6.82. The molecule has 3 aromatic rings. The highest BCUT2D eigenvalue weighted by molar-refractivity contribution is 8.00. The van der Waals surface area contributed by atoms with Gasteiger partial charge in [0.2, 0.25) is 5.91 Å². The lowest BCUT2D eigenvalue weighted by Gasteiger charge is -2.06. The van der Waals surface area contributed by atoms with Crippen molar-refractivity contribution in [1.29, 1.82) is 0 Å². The fourth-order valence-electron chi connectivity index (χ4n) is 2.56. The number of carbonyl (C=O) groups is 2. The summed E-state index contributed by atoms with van der Waals surface area (Å²) in [5.74, 6) is 0.251. The number of hydrogen-bond donors (Lipinski definition) is 1. The summed E-state index contributed by atoms with van der Waals surface area (Å²) >= 11 is 1.46. The highest BCUT2D eigenvalue weighted by atomic mass is 32.2. The largest absolute Gasteiger partial charge is 0.322 e. The Morgan fingerprint density at radius 2 is 1.68 bits per heavy atom. The molecule has 1 N–H and O–H groups in total. The van der Waals surface area contributed by atoms with Gasteiger partial charge in [0.25, 0.3) is 0 Å². The van der Waals surface area contributed by atoms with Gasteiger partial charge in [-0.1, -0.05) is 66.2 Å².